The number of primary amides is 1. The summed E-state index contributed by atoms with van der Waals surface area (Å²) in [7, 11) is 0. The van der Waals surface area contributed by atoms with E-state index in [0.717, 1.165) is 0 Å². The predicted octanol–water partition coefficient (Wildman–Crippen LogP) is 1.82. The molecule has 0 aromatic rings. The number of nitrogens with one attached hydrogen (secondary N) is 3. The first kappa shape index (κ1) is 30.6. The van der Waals surface area contributed by atoms with E-state index in [9.17, 15) is 24.0 Å². The zero-order chi connectivity index (χ0) is 26.1. The molecule has 0 saturated heterocycles. The largest absolute Gasteiger partial charge is 0.363 e. The Hall–Kier alpha value is -2.45. The number of rotatable bonds is 12. The molecule has 190 valence electrons. The second-order valence-corrected chi connectivity index (χ2v) is 11.4. The molecule has 0 radical (unpaired) electrons. The van der Waals surface area contributed by atoms with Crippen molar-refractivity contribution >= 4 is 29.4 Å². The van der Waals surface area contributed by atoms with E-state index in [4.69, 9.17) is 5.73 Å². The zero-order valence-corrected chi connectivity index (χ0v) is 21.8. The van der Waals surface area contributed by atoms with Crippen molar-refractivity contribution in [1.29, 1.82) is 0 Å². The summed E-state index contributed by atoms with van der Waals surface area (Å²) < 4.78 is 0. The Morgan fingerprint density at radius 3 is 1.73 bits per heavy atom. The van der Waals surface area contributed by atoms with Gasteiger partial charge in [0, 0.05) is 6.42 Å². The highest BCUT2D eigenvalue weighted by Crippen LogP contribution is 2.23. The summed E-state index contributed by atoms with van der Waals surface area (Å²) in [5.74, 6) is -3.24. The van der Waals surface area contributed by atoms with Crippen LogP contribution in [0.15, 0.2) is 0 Å². The maximum Gasteiger partial charge on any atom is 0.287 e. The molecular weight excluding hydrogens is 424 g/mol. The van der Waals surface area contributed by atoms with Crippen LogP contribution in [0.2, 0.25) is 0 Å². The molecule has 5 N–H and O–H groups in total. The van der Waals surface area contributed by atoms with E-state index in [1.165, 1.54) is 0 Å². The first-order chi connectivity index (χ1) is 14.9. The molecule has 3 atom stereocenters. The van der Waals surface area contributed by atoms with Gasteiger partial charge >= 0.3 is 0 Å². The molecule has 0 aliphatic heterocycles. The fraction of sp³-hybridized carbons (Fsp3) is 0.792. The van der Waals surface area contributed by atoms with Crippen LogP contribution in [0.1, 0.15) is 88.0 Å². The summed E-state index contributed by atoms with van der Waals surface area (Å²) in [6, 6.07) is -2.85. The SMILES string of the molecule is CCCC(NC(=O)[C@H](CC(C)C)NC(=O)C(NC(=O)CC(C)(C)C)C(C)(C)C)C(=O)C(N)=O. The van der Waals surface area contributed by atoms with E-state index in [1.807, 2.05) is 62.3 Å². The van der Waals surface area contributed by atoms with E-state index < -0.39 is 47.0 Å². The van der Waals surface area contributed by atoms with Gasteiger partial charge < -0.3 is 21.7 Å². The van der Waals surface area contributed by atoms with Gasteiger partial charge in [0.25, 0.3) is 5.91 Å². The molecule has 9 nitrogen and oxygen atoms in total. The van der Waals surface area contributed by atoms with Gasteiger partial charge in [-0.25, -0.2) is 0 Å². The third-order valence-corrected chi connectivity index (χ3v) is 4.92. The van der Waals surface area contributed by atoms with Crippen LogP contribution >= 0.6 is 0 Å². The molecule has 0 saturated carbocycles. The van der Waals surface area contributed by atoms with Crippen molar-refractivity contribution in [3.05, 3.63) is 0 Å². The fourth-order valence-electron chi connectivity index (χ4n) is 3.33. The lowest BCUT2D eigenvalue weighted by Gasteiger charge is -2.33. The predicted molar refractivity (Wildman–Crippen MR) is 128 cm³/mol. The van der Waals surface area contributed by atoms with Crippen molar-refractivity contribution in [2.45, 2.75) is 106 Å². The average molecular weight is 469 g/mol. The molecule has 9 heteroatoms. The van der Waals surface area contributed by atoms with Crippen molar-refractivity contribution in [1.82, 2.24) is 16.0 Å². The maximum atomic E-state index is 13.2. The summed E-state index contributed by atoms with van der Waals surface area (Å²) in [4.78, 5) is 62.1. The zero-order valence-electron chi connectivity index (χ0n) is 21.8. The molecule has 0 spiro atoms. The molecule has 4 amide bonds. The number of carbonyl (C=O) groups is 5. The van der Waals surface area contributed by atoms with E-state index >= 15 is 0 Å². The normalized spacial score (nSPS) is 14.7. The minimum absolute atomic E-state index is 0.0566. The molecule has 0 aliphatic rings. The van der Waals surface area contributed by atoms with E-state index in [2.05, 4.69) is 16.0 Å². The van der Waals surface area contributed by atoms with Gasteiger partial charge in [0.1, 0.15) is 12.1 Å². The molecular formula is C24H44N4O5. The fourth-order valence-corrected chi connectivity index (χ4v) is 3.33. The second kappa shape index (κ2) is 12.7. The van der Waals surface area contributed by atoms with E-state index in [0.29, 0.717) is 12.8 Å². The number of carbonyl (C=O) groups excluding carboxylic acids is 5. The summed E-state index contributed by atoms with van der Waals surface area (Å²) in [6.45, 7) is 16.9. The number of ketones is 1. The molecule has 0 fully saturated rings. The Balaban J connectivity index is 5.67. The first-order valence-corrected chi connectivity index (χ1v) is 11.6. The van der Waals surface area contributed by atoms with E-state index in [-0.39, 0.29) is 30.1 Å². The molecule has 0 rings (SSSR count). The van der Waals surface area contributed by atoms with Gasteiger partial charge in [0.05, 0.1) is 6.04 Å². The Bertz CT molecular complexity index is 719. The highest BCUT2D eigenvalue weighted by molar-refractivity contribution is 6.37. The molecule has 0 bridgehead atoms. The van der Waals surface area contributed by atoms with Gasteiger partial charge in [-0.05, 0) is 29.6 Å². The minimum Gasteiger partial charge on any atom is -0.363 e. The number of amides is 4. The lowest BCUT2D eigenvalue weighted by molar-refractivity contribution is -0.139. The summed E-state index contributed by atoms with van der Waals surface area (Å²) in [5.41, 5.74) is 4.25. The monoisotopic (exact) mass is 468 g/mol. The molecule has 0 aromatic carbocycles. The molecule has 0 aromatic heterocycles. The summed E-state index contributed by atoms with van der Waals surface area (Å²) in [5, 5.41) is 8.12. The van der Waals surface area contributed by atoms with Crippen LogP contribution in [0.4, 0.5) is 0 Å². The summed E-state index contributed by atoms with van der Waals surface area (Å²) in [6.07, 6.45) is 1.37. The Labute approximate surface area is 198 Å². The number of Topliss-reactive ketones (excluding diaryl/α,β-unsaturated/α-hetero) is 1. The summed E-state index contributed by atoms with van der Waals surface area (Å²) >= 11 is 0. The van der Waals surface area contributed by atoms with Gasteiger partial charge in [-0.1, -0.05) is 68.7 Å². The first-order valence-electron chi connectivity index (χ1n) is 11.6. The van der Waals surface area contributed by atoms with Crippen LogP contribution in [-0.2, 0) is 24.0 Å². The van der Waals surface area contributed by atoms with Crippen molar-refractivity contribution < 1.29 is 24.0 Å². The van der Waals surface area contributed by atoms with Gasteiger partial charge in [0.2, 0.25) is 23.5 Å². The standard InChI is InChI=1S/C24H44N4O5/c1-10-11-15(18(30)20(25)31)26-21(32)16(12-14(2)3)27-22(33)19(24(7,8)9)28-17(29)13-23(4,5)6/h14-16,19H,10-13H2,1-9H3,(H2,25,31)(H,26,32)(H,27,33)(H,28,29)/t15?,16-,19?/m0/s1. The Morgan fingerprint density at radius 2 is 1.33 bits per heavy atom. The lowest BCUT2D eigenvalue weighted by Crippen LogP contribution is -2.59. The third kappa shape index (κ3) is 11.8. The second-order valence-electron chi connectivity index (χ2n) is 11.4. The highest BCUT2D eigenvalue weighted by Gasteiger charge is 2.36. The van der Waals surface area contributed by atoms with Crippen LogP contribution in [0.5, 0.6) is 0 Å². The minimum atomic E-state index is -1.12. The van der Waals surface area contributed by atoms with Crippen molar-refractivity contribution in [2.24, 2.45) is 22.5 Å². The van der Waals surface area contributed by atoms with Gasteiger partial charge in [-0.3, -0.25) is 24.0 Å². The van der Waals surface area contributed by atoms with E-state index in [1.54, 1.807) is 0 Å². The van der Waals surface area contributed by atoms with Crippen LogP contribution in [0.25, 0.3) is 0 Å². The molecule has 33 heavy (non-hydrogen) atoms. The average Bonchev–Trinajstić information content (AvgIpc) is 2.61. The molecule has 2 unspecified atom stereocenters. The highest BCUT2D eigenvalue weighted by atomic mass is 16.2. The Kier molecular flexibility index (Phi) is 11.8. The molecule has 0 aliphatic carbocycles. The number of hydrogen-bond acceptors (Lipinski definition) is 5. The topological polar surface area (TPSA) is 147 Å². The number of nitrogens with two attached hydrogens (primary N) is 1. The van der Waals surface area contributed by atoms with Gasteiger partial charge in [0.15, 0.2) is 0 Å². The van der Waals surface area contributed by atoms with Gasteiger partial charge in [-0.2, -0.15) is 0 Å². The number of hydrogen-bond donors (Lipinski definition) is 4. The quantitative estimate of drug-likeness (QED) is 0.323. The van der Waals surface area contributed by atoms with Crippen LogP contribution in [0.3, 0.4) is 0 Å². The van der Waals surface area contributed by atoms with Crippen LogP contribution in [-0.4, -0.2) is 47.5 Å². The third-order valence-electron chi connectivity index (χ3n) is 4.92. The lowest BCUT2D eigenvalue weighted by atomic mass is 9.85. The van der Waals surface area contributed by atoms with Crippen molar-refractivity contribution in [3.8, 4) is 0 Å². The maximum absolute atomic E-state index is 13.2. The van der Waals surface area contributed by atoms with Crippen LogP contribution in [0, 0.1) is 16.7 Å². The van der Waals surface area contributed by atoms with Gasteiger partial charge in [-0.15, -0.1) is 0 Å². The Morgan fingerprint density at radius 1 is 0.818 bits per heavy atom. The molecule has 0 heterocycles. The van der Waals surface area contributed by atoms with Crippen LogP contribution < -0.4 is 21.7 Å². The smallest absolute Gasteiger partial charge is 0.287 e. The van der Waals surface area contributed by atoms with Crippen molar-refractivity contribution in [2.75, 3.05) is 0 Å². The van der Waals surface area contributed by atoms with Crippen molar-refractivity contribution in [3.63, 3.8) is 0 Å².